The molecule has 2 aromatic rings. The van der Waals surface area contributed by atoms with Crippen LogP contribution < -0.4 is 0 Å². The topological polar surface area (TPSA) is 64.2 Å². The highest BCUT2D eigenvalue weighted by Crippen LogP contribution is 2.34. The fourth-order valence-electron chi connectivity index (χ4n) is 5.04. The van der Waals surface area contributed by atoms with Crippen LogP contribution in [0.3, 0.4) is 0 Å². The van der Waals surface area contributed by atoms with E-state index in [2.05, 4.69) is 4.90 Å². The zero-order valence-corrected chi connectivity index (χ0v) is 22.2. The van der Waals surface area contributed by atoms with E-state index in [1.165, 1.54) is 22.7 Å². The van der Waals surface area contributed by atoms with Crippen LogP contribution in [0.25, 0.3) is 0 Å². The van der Waals surface area contributed by atoms with E-state index in [-0.39, 0.29) is 31.1 Å². The van der Waals surface area contributed by atoms with Gasteiger partial charge in [-0.15, -0.1) is 0 Å². The maximum Gasteiger partial charge on any atom is 0.416 e. The Bertz CT molecular complexity index is 1200. The number of sulfonamides is 1. The third-order valence-corrected chi connectivity index (χ3v) is 8.67. The average Bonchev–Trinajstić information content (AvgIpc) is 3.29. The third kappa shape index (κ3) is 6.57. The van der Waals surface area contributed by atoms with Crippen molar-refractivity contribution in [3.05, 3.63) is 70.2 Å². The fraction of sp³-hybridized carbons (Fsp3) is 0.480. The molecular weight excluding hydrogens is 529 g/mol. The van der Waals surface area contributed by atoms with E-state index in [0.717, 1.165) is 23.3 Å². The van der Waals surface area contributed by atoms with E-state index >= 15 is 0 Å². The predicted molar refractivity (Wildman–Crippen MR) is 136 cm³/mol. The molecule has 2 saturated heterocycles. The molecule has 2 aliphatic heterocycles. The number of hydrogen-bond acceptors (Lipinski definition) is 4. The molecule has 0 unspecified atom stereocenters. The summed E-state index contributed by atoms with van der Waals surface area (Å²) >= 11 is 6.09. The molecule has 0 aromatic heterocycles. The van der Waals surface area contributed by atoms with E-state index < -0.39 is 21.8 Å². The summed E-state index contributed by atoms with van der Waals surface area (Å²) in [5.74, 6) is -0.0297. The number of benzene rings is 2. The summed E-state index contributed by atoms with van der Waals surface area (Å²) in [5.41, 5.74) is 1.07. The van der Waals surface area contributed by atoms with Crippen LogP contribution in [-0.4, -0.2) is 92.1 Å². The number of likely N-dealkylation sites (tertiary alicyclic amines) is 1. The number of nitrogens with zero attached hydrogens (tertiary/aromatic N) is 4. The molecule has 2 atom stereocenters. The molecule has 2 amide bonds. The summed E-state index contributed by atoms with van der Waals surface area (Å²) in [6, 6.07) is 12.4. The highest BCUT2D eigenvalue weighted by Gasteiger charge is 2.40. The highest BCUT2D eigenvalue weighted by molar-refractivity contribution is 7.88. The van der Waals surface area contributed by atoms with Gasteiger partial charge in [0.1, 0.15) is 0 Å². The van der Waals surface area contributed by atoms with Gasteiger partial charge in [-0.2, -0.15) is 17.5 Å². The third-order valence-electron chi connectivity index (χ3n) is 7.12. The Hall–Kier alpha value is -2.34. The van der Waals surface area contributed by atoms with E-state index in [1.54, 1.807) is 21.9 Å². The summed E-state index contributed by atoms with van der Waals surface area (Å²) < 4.78 is 63.9. The van der Waals surface area contributed by atoms with Crippen molar-refractivity contribution in [2.24, 2.45) is 0 Å². The number of alkyl halides is 3. The molecule has 12 heteroatoms. The molecule has 2 aliphatic rings. The zero-order chi connectivity index (χ0) is 27.0. The standard InChI is InChI=1S/C25H30ClF3N4O3S/c1-30(15-18-3-7-20(8-4-18)25(27,28)29)23-17-32(16-22(23)19-5-9-21(26)10-6-19)24(34)31-11-13-33(14-12-31)37(2,35)36/h3-10,22-23H,11-17H2,1-2H3/t22-,23+/m1/s1. The molecule has 0 N–H and O–H groups in total. The summed E-state index contributed by atoms with van der Waals surface area (Å²) in [6.45, 7) is 2.49. The number of rotatable bonds is 5. The Balaban J connectivity index is 1.49. The number of carbonyl (C=O) groups excluding carboxylic acids is 1. The largest absolute Gasteiger partial charge is 0.416 e. The Morgan fingerprint density at radius 2 is 1.57 bits per heavy atom. The van der Waals surface area contributed by atoms with Gasteiger partial charge in [0.05, 0.1) is 11.8 Å². The SMILES string of the molecule is CN(Cc1ccc(C(F)(F)F)cc1)[C@H]1CN(C(=O)N2CCN(S(C)(=O)=O)CC2)C[C@@H]1c1ccc(Cl)cc1. The smallest absolute Gasteiger partial charge is 0.322 e. The van der Waals surface area contributed by atoms with Crippen molar-refractivity contribution in [1.29, 1.82) is 0 Å². The van der Waals surface area contributed by atoms with Crippen molar-refractivity contribution < 1.29 is 26.4 Å². The molecule has 4 rings (SSSR count). The number of hydrogen-bond donors (Lipinski definition) is 0. The van der Waals surface area contributed by atoms with Crippen molar-refractivity contribution >= 4 is 27.7 Å². The quantitative estimate of drug-likeness (QED) is 0.557. The van der Waals surface area contributed by atoms with Gasteiger partial charge in [-0.1, -0.05) is 35.9 Å². The number of amides is 2. The van der Waals surface area contributed by atoms with Crippen LogP contribution >= 0.6 is 11.6 Å². The normalized spacial score (nSPS) is 21.6. The molecule has 0 radical (unpaired) electrons. The van der Waals surface area contributed by atoms with Gasteiger partial charge in [-0.05, 0) is 42.4 Å². The van der Waals surface area contributed by atoms with Gasteiger partial charge >= 0.3 is 12.2 Å². The minimum absolute atomic E-state index is 0.0297. The number of piperazine rings is 1. The van der Waals surface area contributed by atoms with Crippen LogP contribution in [0.5, 0.6) is 0 Å². The van der Waals surface area contributed by atoms with Crippen LogP contribution in [0.15, 0.2) is 48.5 Å². The highest BCUT2D eigenvalue weighted by atomic mass is 35.5. The first kappa shape index (κ1) is 27.7. The molecule has 2 heterocycles. The van der Waals surface area contributed by atoms with E-state index in [0.29, 0.717) is 37.7 Å². The minimum atomic E-state index is -4.39. The van der Waals surface area contributed by atoms with Crippen LogP contribution in [0, 0.1) is 0 Å². The van der Waals surface area contributed by atoms with Crippen LogP contribution in [0.1, 0.15) is 22.6 Å². The summed E-state index contributed by atoms with van der Waals surface area (Å²) in [6.07, 6.45) is -3.22. The minimum Gasteiger partial charge on any atom is -0.322 e. The van der Waals surface area contributed by atoms with Crippen molar-refractivity contribution in [3.8, 4) is 0 Å². The van der Waals surface area contributed by atoms with Gasteiger partial charge < -0.3 is 9.80 Å². The second-order valence-electron chi connectivity index (χ2n) is 9.67. The van der Waals surface area contributed by atoms with Gasteiger partial charge in [-0.25, -0.2) is 13.2 Å². The van der Waals surface area contributed by atoms with Crippen LogP contribution in [0.4, 0.5) is 18.0 Å². The fourth-order valence-corrected chi connectivity index (χ4v) is 5.99. The molecule has 7 nitrogen and oxygen atoms in total. The van der Waals surface area contributed by atoms with Gasteiger partial charge in [0.25, 0.3) is 0 Å². The molecule has 0 aliphatic carbocycles. The van der Waals surface area contributed by atoms with E-state index in [4.69, 9.17) is 11.6 Å². The van der Waals surface area contributed by atoms with Gasteiger partial charge in [0.15, 0.2) is 0 Å². The molecule has 202 valence electrons. The summed E-state index contributed by atoms with van der Waals surface area (Å²) in [7, 11) is -1.39. The maximum atomic E-state index is 13.4. The lowest BCUT2D eigenvalue weighted by Gasteiger charge is -2.35. The maximum absolute atomic E-state index is 13.4. The average molecular weight is 559 g/mol. The number of likely N-dealkylation sites (N-methyl/N-ethyl adjacent to an activating group) is 1. The molecule has 2 fully saturated rings. The first-order chi connectivity index (χ1) is 17.3. The summed E-state index contributed by atoms with van der Waals surface area (Å²) in [5, 5.41) is 0.605. The Kier molecular flexibility index (Phi) is 8.08. The Morgan fingerprint density at radius 3 is 2.11 bits per heavy atom. The van der Waals surface area contributed by atoms with Crippen molar-refractivity contribution in [2.45, 2.75) is 24.7 Å². The molecular formula is C25H30ClF3N4O3S. The Labute approximate surface area is 220 Å². The van der Waals surface area contributed by atoms with E-state index in [9.17, 15) is 26.4 Å². The lowest BCUT2D eigenvalue weighted by atomic mass is 9.93. The Morgan fingerprint density at radius 1 is 0.973 bits per heavy atom. The van der Waals surface area contributed by atoms with Gasteiger partial charge in [0, 0.05) is 62.8 Å². The molecule has 2 aromatic carbocycles. The number of urea groups is 1. The molecule has 0 spiro atoms. The van der Waals surface area contributed by atoms with Crippen LogP contribution in [0.2, 0.25) is 5.02 Å². The zero-order valence-electron chi connectivity index (χ0n) is 20.7. The predicted octanol–water partition coefficient (Wildman–Crippen LogP) is 3.96. The number of halogens is 4. The number of carbonyl (C=O) groups is 1. The van der Waals surface area contributed by atoms with Gasteiger partial charge in [0.2, 0.25) is 10.0 Å². The lowest BCUT2D eigenvalue weighted by molar-refractivity contribution is -0.137. The monoisotopic (exact) mass is 558 g/mol. The molecule has 37 heavy (non-hydrogen) atoms. The lowest BCUT2D eigenvalue weighted by Crippen LogP contribution is -2.53. The van der Waals surface area contributed by atoms with Crippen molar-refractivity contribution in [3.63, 3.8) is 0 Å². The van der Waals surface area contributed by atoms with Crippen LogP contribution in [-0.2, 0) is 22.7 Å². The first-order valence-corrected chi connectivity index (χ1v) is 14.2. The first-order valence-electron chi connectivity index (χ1n) is 11.9. The van der Waals surface area contributed by atoms with Gasteiger partial charge in [-0.3, -0.25) is 4.90 Å². The van der Waals surface area contributed by atoms with Crippen molar-refractivity contribution in [2.75, 3.05) is 52.6 Å². The summed E-state index contributed by atoms with van der Waals surface area (Å²) in [4.78, 5) is 18.9. The molecule has 0 saturated carbocycles. The second kappa shape index (κ2) is 10.8. The molecule has 0 bridgehead atoms. The second-order valence-corrected chi connectivity index (χ2v) is 12.1. The van der Waals surface area contributed by atoms with Crippen molar-refractivity contribution in [1.82, 2.24) is 19.0 Å². The van der Waals surface area contributed by atoms with E-state index in [1.807, 2.05) is 19.2 Å².